The average Bonchev–Trinajstić information content (AvgIpc) is 3.23. The molecule has 0 aromatic heterocycles. The first-order chi connectivity index (χ1) is 29.0. The van der Waals surface area contributed by atoms with Gasteiger partial charge in [0.25, 0.3) is 0 Å². The number of carbonyl (C=O) groups is 3. The fourth-order valence-electron chi connectivity index (χ4n) is 7.24. The van der Waals surface area contributed by atoms with E-state index in [1.54, 1.807) is 0 Å². The standard InChI is InChI=1S/C53H96O6/c1-4-7-10-13-16-19-21-22-23-24-25-26-27-28-29-30-31-32-33-35-37-40-43-46-52(55)58-49-50(48-57-51(54)45-42-39-36-18-15-12-9-6-3)59-53(56)47-44-41-38-34-20-17-14-11-8-5-2/h11,14,21-22,24-25,50H,4-10,12-13,15-20,23,26-49H2,1-3H3/b14-11-,22-21-,25-24-. The Bertz CT molecular complexity index is 1000. The maximum absolute atomic E-state index is 12.7. The van der Waals surface area contributed by atoms with Crippen LogP contribution in [0.1, 0.15) is 265 Å². The summed E-state index contributed by atoms with van der Waals surface area (Å²) in [6, 6.07) is 0. The van der Waals surface area contributed by atoms with Gasteiger partial charge < -0.3 is 14.2 Å². The molecule has 1 atom stereocenters. The summed E-state index contributed by atoms with van der Waals surface area (Å²) in [6.45, 7) is 6.54. The molecule has 0 amide bonds. The lowest BCUT2D eigenvalue weighted by Crippen LogP contribution is -2.30. The van der Waals surface area contributed by atoms with Crippen molar-refractivity contribution in [2.75, 3.05) is 13.2 Å². The summed E-state index contributed by atoms with van der Waals surface area (Å²) >= 11 is 0. The number of unbranched alkanes of at least 4 members (excludes halogenated alkanes) is 29. The van der Waals surface area contributed by atoms with Gasteiger partial charge >= 0.3 is 17.9 Å². The van der Waals surface area contributed by atoms with E-state index < -0.39 is 6.10 Å². The molecule has 0 fully saturated rings. The molecule has 0 saturated carbocycles. The first-order valence-corrected chi connectivity index (χ1v) is 25.5. The van der Waals surface area contributed by atoms with Crippen LogP contribution in [-0.2, 0) is 28.6 Å². The lowest BCUT2D eigenvalue weighted by molar-refractivity contribution is -0.167. The van der Waals surface area contributed by atoms with Crippen molar-refractivity contribution in [2.45, 2.75) is 271 Å². The Labute approximate surface area is 365 Å². The topological polar surface area (TPSA) is 78.9 Å². The number of ether oxygens (including phenoxy) is 3. The zero-order valence-corrected chi connectivity index (χ0v) is 39.3. The third kappa shape index (κ3) is 46.5. The fourth-order valence-corrected chi connectivity index (χ4v) is 7.24. The predicted octanol–water partition coefficient (Wildman–Crippen LogP) is 16.5. The molecule has 0 aromatic rings. The van der Waals surface area contributed by atoms with E-state index in [9.17, 15) is 14.4 Å². The van der Waals surface area contributed by atoms with E-state index in [1.165, 1.54) is 141 Å². The van der Waals surface area contributed by atoms with Gasteiger partial charge in [-0.1, -0.05) is 211 Å². The van der Waals surface area contributed by atoms with Crippen LogP contribution < -0.4 is 0 Å². The minimum atomic E-state index is -0.771. The second-order valence-electron chi connectivity index (χ2n) is 17.1. The maximum atomic E-state index is 12.7. The van der Waals surface area contributed by atoms with Gasteiger partial charge in [-0.25, -0.2) is 0 Å². The van der Waals surface area contributed by atoms with Crippen LogP contribution in [0.25, 0.3) is 0 Å². The number of esters is 3. The summed E-state index contributed by atoms with van der Waals surface area (Å²) in [4.78, 5) is 37.7. The van der Waals surface area contributed by atoms with E-state index in [0.717, 1.165) is 83.5 Å². The van der Waals surface area contributed by atoms with Gasteiger partial charge in [0, 0.05) is 19.3 Å². The van der Waals surface area contributed by atoms with Crippen molar-refractivity contribution in [1.82, 2.24) is 0 Å². The zero-order chi connectivity index (χ0) is 43.0. The number of hydrogen-bond acceptors (Lipinski definition) is 6. The van der Waals surface area contributed by atoms with Crippen LogP contribution in [-0.4, -0.2) is 37.2 Å². The van der Waals surface area contributed by atoms with Gasteiger partial charge in [0.15, 0.2) is 6.10 Å². The van der Waals surface area contributed by atoms with Crippen LogP contribution in [0.4, 0.5) is 0 Å². The Morgan fingerprint density at radius 1 is 0.339 bits per heavy atom. The molecule has 0 rings (SSSR count). The molecule has 0 aliphatic rings. The van der Waals surface area contributed by atoms with Crippen LogP contribution in [0.15, 0.2) is 36.5 Å². The van der Waals surface area contributed by atoms with E-state index >= 15 is 0 Å². The van der Waals surface area contributed by atoms with Gasteiger partial charge in [0.2, 0.25) is 0 Å². The maximum Gasteiger partial charge on any atom is 0.306 e. The van der Waals surface area contributed by atoms with Gasteiger partial charge in [-0.15, -0.1) is 0 Å². The normalized spacial score (nSPS) is 12.3. The van der Waals surface area contributed by atoms with Crippen molar-refractivity contribution in [2.24, 2.45) is 0 Å². The summed E-state index contributed by atoms with van der Waals surface area (Å²) in [7, 11) is 0. The Morgan fingerprint density at radius 2 is 0.644 bits per heavy atom. The molecular formula is C53H96O6. The monoisotopic (exact) mass is 829 g/mol. The third-order valence-electron chi connectivity index (χ3n) is 11.1. The fraction of sp³-hybridized carbons (Fsp3) is 0.830. The van der Waals surface area contributed by atoms with E-state index in [0.29, 0.717) is 19.3 Å². The smallest absolute Gasteiger partial charge is 0.306 e. The van der Waals surface area contributed by atoms with Crippen molar-refractivity contribution >= 4 is 17.9 Å². The first-order valence-electron chi connectivity index (χ1n) is 25.5. The SMILES string of the molecule is CCC/C=C\CCCCCCCC(=O)OC(COC(=O)CCCCCCCCCC)COC(=O)CCCCCCCCCCCCC/C=C\C/C=C\CCCCCCC. The molecule has 0 heterocycles. The Kier molecular flexibility index (Phi) is 46.4. The predicted molar refractivity (Wildman–Crippen MR) is 252 cm³/mol. The lowest BCUT2D eigenvalue weighted by atomic mass is 10.0. The molecule has 0 aliphatic heterocycles. The third-order valence-corrected chi connectivity index (χ3v) is 11.1. The van der Waals surface area contributed by atoms with Crippen LogP contribution >= 0.6 is 0 Å². The van der Waals surface area contributed by atoms with Gasteiger partial charge in [-0.3, -0.25) is 14.4 Å². The van der Waals surface area contributed by atoms with E-state index in [-0.39, 0.29) is 31.1 Å². The van der Waals surface area contributed by atoms with Crippen molar-refractivity contribution in [3.8, 4) is 0 Å². The molecule has 0 bridgehead atoms. The number of allylic oxidation sites excluding steroid dienone is 6. The minimum absolute atomic E-state index is 0.0742. The Balaban J connectivity index is 4.14. The van der Waals surface area contributed by atoms with Crippen molar-refractivity contribution in [3.63, 3.8) is 0 Å². The molecule has 6 heteroatoms. The molecule has 344 valence electrons. The Hall–Kier alpha value is -2.37. The Morgan fingerprint density at radius 3 is 1.02 bits per heavy atom. The van der Waals surface area contributed by atoms with Gasteiger partial charge in [-0.05, 0) is 70.6 Å². The summed E-state index contributed by atoms with van der Waals surface area (Å²) in [5, 5.41) is 0. The molecule has 1 unspecified atom stereocenters. The minimum Gasteiger partial charge on any atom is -0.462 e. The van der Waals surface area contributed by atoms with Crippen molar-refractivity contribution in [1.29, 1.82) is 0 Å². The second-order valence-corrected chi connectivity index (χ2v) is 17.1. The summed E-state index contributed by atoms with van der Waals surface area (Å²) in [6.07, 6.45) is 55.8. The number of carbonyl (C=O) groups excluding carboxylic acids is 3. The van der Waals surface area contributed by atoms with E-state index in [1.807, 2.05) is 0 Å². The second kappa shape index (κ2) is 48.3. The molecular weight excluding hydrogens is 733 g/mol. The van der Waals surface area contributed by atoms with Crippen LogP contribution in [0.5, 0.6) is 0 Å². The summed E-state index contributed by atoms with van der Waals surface area (Å²) < 4.78 is 16.7. The van der Waals surface area contributed by atoms with Gasteiger partial charge in [-0.2, -0.15) is 0 Å². The molecule has 6 nitrogen and oxygen atoms in total. The van der Waals surface area contributed by atoms with Gasteiger partial charge in [0.1, 0.15) is 13.2 Å². The van der Waals surface area contributed by atoms with Crippen molar-refractivity contribution < 1.29 is 28.6 Å². The molecule has 0 aliphatic carbocycles. The zero-order valence-electron chi connectivity index (χ0n) is 39.3. The summed E-state index contributed by atoms with van der Waals surface area (Å²) in [5.74, 6) is -0.886. The highest BCUT2D eigenvalue weighted by molar-refractivity contribution is 5.71. The molecule has 0 spiro atoms. The number of hydrogen-bond donors (Lipinski definition) is 0. The molecule has 59 heavy (non-hydrogen) atoms. The van der Waals surface area contributed by atoms with Crippen molar-refractivity contribution in [3.05, 3.63) is 36.5 Å². The van der Waals surface area contributed by atoms with Crippen LogP contribution in [0, 0.1) is 0 Å². The molecule has 0 radical (unpaired) electrons. The highest BCUT2D eigenvalue weighted by Gasteiger charge is 2.19. The summed E-state index contributed by atoms with van der Waals surface area (Å²) in [5.41, 5.74) is 0. The van der Waals surface area contributed by atoms with E-state index in [2.05, 4.69) is 57.2 Å². The lowest BCUT2D eigenvalue weighted by Gasteiger charge is -2.18. The number of rotatable bonds is 46. The average molecular weight is 829 g/mol. The quantitative estimate of drug-likeness (QED) is 0.0263. The van der Waals surface area contributed by atoms with E-state index in [4.69, 9.17) is 14.2 Å². The van der Waals surface area contributed by atoms with Gasteiger partial charge in [0.05, 0.1) is 0 Å². The van der Waals surface area contributed by atoms with Crippen LogP contribution in [0.2, 0.25) is 0 Å². The molecule has 0 saturated heterocycles. The molecule has 0 aromatic carbocycles. The highest BCUT2D eigenvalue weighted by atomic mass is 16.6. The van der Waals surface area contributed by atoms with Crippen LogP contribution in [0.3, 0.4) is 0 Å². The largest absolute Gasteiger partial charge is 0.462 e. The first kappa shape index (κ1) is 56.6. The highest BCUT2D eigenvalue weighted by Crippen LogP contribution is 2.15. The molecule has 0 N–H and O–H groups in total.